The maximum Gasteiger partial charge on any atom is 0.335 e. The van der Waals surface area contributed by atoms with E-state index in [1.54, 1.807) is 0 Å². The number of aliphatic carboxylic acids is 1. The zero-order chi connectivity index (χ0) is 57.5. The molecule has 1 saturated heterocycles. The molecule has 452 valence electrons. The number of ether oxygens (including phenoxy) is 5. The molecule has 3 N–H and O–H groups in total. The van der Waals surface area contributed by atoms with E-state index in [9.17, 15) is 34.5 Å². The van der Waals surface area contributed by atoms with Crippen molar-refractivity contribution in [2.75, 3.05) is 13.2 Å². The molecule has 0 aromatic carbocycles. The Hall–Kier alpha value is -4.10. The Morgan fingerprint density at radius 2 is 0.797 bits per heavy atom. The van der Waals surface area contributed by atoms with Crippen LogP contribution in [0.3, 0.4) is 0 Å². The lowest BCUT2D eigenvalue weighted by atomic mass is 9.98. The second-order valence-corrected chi connectivity index (χ2v) is 21.3. The zero-order valence-electron chi connectivity index (χ0n) is 49.8. The molecule has 1 heterocycles. The second kappa shape index (κ2) is 54.5. The number of hydrogen-bond donors (Lipinski definition) is 3. The third kappa shape index (κ3) is 44.3. The highest BCUT2D eigenvalue weighted by molar-refractivity contribution is 5.74. The lowest BCUT2D eigenvalue weighted by Gasteiger charge is -2.40. The molecule has 12 heteroatoms. The quantitative estimate of drug-likeness (QED) is 0.0228. The van der Waals surface area contributed by atoms with Crippen LogP contribution in [0.4, 0.5) is 0 Å². The van der Waals surface area contributed by atoms with Crippen LogP contribution < -0.4 is 0 Å². The van der Waals surface area contributed by atoms with Crippen molar-refractivity contribution in [2.45, 2.75) is 302 Å². The van der Waals surface area contributed by atoms with Crippen LogP contribution in [0.15, 0.2) is 85.1 Å². The number of aliphatic hydroxyl groups is 2. The summed E-state index contributed by atoms with van der Waals surface area (Å²) in [5.74, 6) is -3.15. The summed E-state index contributed by atoms with van der Waals surface area (Å²) in [6, 6.07) is 0. The number of carboxylic acid groups (broad SMARTS) is 1. The highest BCUT2D eigenvalue weighted by Crippen LogP contribution is 2.26. The van der Waals surface area contributed by atoms with E-state index in [0.717, 1.165) is 135 Å². The first-order chi connectivity index (χ1) is 38.6. The van der Waals surface area contributed by atoms with Crippen LogP contribution >= 0.6 is 0 Å². The molecule has 0 radical (unpaired) electrons. The second-order valence-electron chi connectivity index (χ2n) is 21.3. The number of unbranched alkanes of at least 4 members (excludes halogenated alkanes) is 25. The fourth-order valence-corrected chi connectivity index (χ4v) is 9.20. The molecule has 0 aromatic heterocycles. The Balaban J connectivity index is 2.69. The number of esters is 3. The molecule has 1 fully saturated rings. The summed E-state index contributed by atoms with van der Waals surface area (Å²) in [6.07, 6.45) is 58.2. The SMILES string of the molecule is CC/C=C\C/C=C\C/C=C\C/C=C\CCCCCCC(=O)OCC(COC1OC(C(=O)O)C(O)C(O)C1OC(=O)CCCCCCCCC/C=C\C/C=C\C/C=C\CC)OC(=O)CCCCCCCCCCCCCCCCC. The van der Waals surface area contributed by atoms with Gasteiger partial charge in [0, 0.05) is 19.3 Å². The highest BCUT2D eigenvalue weighted by atomic mass is 16.7. The van der Waals surface area contributed by atoms with Gasteiger partial charge in [-0.3, -0.25) is 14.4 Å². The van der Waals surface area contributed by atoms with Gasteiger partial charge in [-0.15, -0.1) is 0 Å². The maximum atomic E-state index is 13.2. The van der Waals surface area contributed by atoms with Gasteiger partial charge in [0.25, 0.3) is 0 Å². The minimum absolute atomic E-state index is 0.0450. The van der Waals surface area contributed by atoms with Crippen LogP contribution in [-0.2, 0) is 42.9 Å². The lowest BCUT2D eigenvalue weighted by Crippen LogP contribution is -2.61. The normalized spacial score (nSPS) is 18.4. The topological polar surface area (TPSA) is 175 Å². The Labute approximate surface area is 480 Å². The molecule has 0 amide bonds. The van der Waals surface area contributed by atoms with Gasteiger partial charge in [0.1, 0.15) is 18.8 Å². The molecule has 6 unspecified atom stereocenters. The van der Waals surface area contributed by atoms with Gasteiger partial charge in [-0.2, -0.15) is 0 Å². The van der Waals surface area contributed by atoms with Crippen LogP contribution in [0, 0.1) is 0 Å². The zero-order valence-corrected chi connectivity index (χ0v) is 49.8. The predicted molar refractivity (Wildman–Crippen MR) is 321 cm³/mol. The van der Waals surface area contributed by atoms with Crippen molar-refractivity contribution in [3.63, 3.8) is 0 Å². The Morgan fingerprint density at radius 1 is 0.430 bits per heavy atom. The molecule has 6 atom stereocenters. The van der Waals surface area contributed by atoms with E-state index in [-0.39, 0.29) is 25.9 Å². The van der Waals surface area contributed by atoms with E-state index in [1.165, 1.54) is 70.6 Å². The number of hydrogen-bond acceptors (Lipinski definition) is 11. The van der Waals surface area contributed by atoms with Crippen LogP contribution in [0.1, 0.15) is 265 Å². The Kier molecular flexibility index (Phi) is 50.3. The number of carboxylic acids is 1. The van der Waals surface area contributed by atoms with E-state index >= 15 is 0 Å². The summed E-state index contributed by atoms with van der Waals surface area (Å²) in [5, 5.41) is 31.6. The van der Waals surface area contributed by atoms with E-state index < -0.39 is 67.3 Å². The molecule has 12 nitrogen and oxygen atoms in total. The summed E-state index contributed by atoms with van der Waals surface area (Å²) in [6.45, 7) is 5.77. The molecule has 0 aliphatic carbocycles. The number of carbonyl (C=O) groups is 4. The summed E-state index contributed by atoms with van der Waals surface area (Å²) < 4.78 is 28.5. The van der Waals surface area contributed by atoms with Crippen molar-refractivity contribution in [2.24, 2.45) is 0 Å². The van der Waals surface area contributed by atoms with Gasteiger partial charge in [0.15, 0.2) is 24.6 Å². The van der Waals surface area contributed by atoms with Gasteiger partial charge >= 0.3 is 23.9 Å². The number of rotatable bonds is 53. The first-order valence-corrected chi connectivity index (χ1v) is 31.6. The lowest BCUT2D eigenvalue weighted by molar-refractivity contribution is -0.301. The monoisotopic (exact) mass is 1110 g/mol. The molecule has 1 aliphatic rings. The highest BCUT2D eigenvalue weighted by Gasteiger charge is 2.50. The smallest absolute Gasteiger partial charge is 0.335 e. The van der Waals surface area contributed by atoms with Crippen LogP contribution in [0.25, 0.3) is 0 Å². The molecular weight excluding hydrogens is 997 g/mol. The molecule has 0 aromatic rings. The van der Waals surface area contributed by atoms with Gasteiger partial charge in [-0.1, -0.05) is 241 Å². The van der Waals surface area contributed by atoms with E-state index in [2.05, 4.69) is 106 Å². The van der Waals surface area contributed by atoms with E-state index in [1.807, 2.05) is 0 Å². The third-order valence-corrected chi connectivity index (χ3v) is 14.0. The van der Waals surface area contributed by atoms with Crippen molar-refractivity contribution < 1.29 is 58.2 Å². The minimum Gasteiger partial charge on any atom is -0.479 e. The van der Waals surface area contributed by atoms with Crippen molar-refractivity contribution in [1.29, 1.82) is 0 Å². The molecular formula is C67H112O12. The average molecular weight is 1110 g/mol. The van der Waals surface area contributed by atoms with Crippen molar-refractivity contribution in [3.8, 4) is 0 Å². The number of carbonyl (C=O) groups excluding carboxylic acids is 3. The van der Waals surface area contributed by atoms with Crippen molar-refractivity contribution in [3.05, 3.63) is 85.1 Å². The van der Waals surface area contributed by atoms with Gasteiger partial charge < -0.3 is 39.0 Å². The van der Waals surface area contributed by atoms with Crippen LogP contribution in [0.2, 0.25) is 0 Å². The van der Waals surface area contributed by atoms with Gasteiger partial charge in [0.05, 0.1) is 6.61 Å². The molecule has 79 heavy (non-hydrogen) atoms. The largest absolute Gasteiger partial charge is 0.479 e. The summed E-state index contributed by atoms with van der Waals surface area (Å²) in [7, 11) is 0. The maximum absolute atomic E-state index is 13.2. The first kappa shape index (κ1) is 72.9. The van der Waals surface area contributed by atoms with E-state index in [0.29, 0.717) is 19.3 Å². The fraction of sp³-hybridized carbons (Fsp3) is 0.731. The molecule has 0 bridgehead atoms. The fourth-order valence-electron chi connectivity index (χ4n) is 9.20. The molecule has 1 rings (SSSR count). The summed E-state index contributed by atoms with van der Waals surface area (Å²) in [5.41, 5.74) is 0. The third-order valence-electron chi connectivity index (χ3n) is 14.0. The van der Waals surface area contributed by atoms with Gasteiger partial charge in [0.2, 0.25) is 0 Å². The minimum atomic E-state index is -1.91. The van der Waals surface area contributed by atoms with Crippen molar-refractivity contribution >= 4 is 23.9 Å². The summed E-state index contributed by atoms with van der Waals surface area (Å²) >= 11 is 0. The Morgan fingerprint density at radius 3 is 1.22 bits per heavy atom. The van der Waals surface area contributed by atoms with E-state index in [4.69, 9.17) is 23.7 Å². The molecule has 0 spiro atoms. The predicted octanol–water partition coefficient (Wildman–Crippen LogP) is 16.7. The van der Waals surface area contributed by atoms with Crippen LogP contribution in [0.5, 0.6) is 0 Å². The molecule has 0 saturated carbocycles. The van der Waals surface area contributed by atoms with Crippen molar-refractivity contribution in [1.82, 2.24) is 0 Å². The summed E-state index contributed by atoms with van der Waals surface area (Å²) in [4.78, 5) is 51.3. The van der Waals surface area contributed by atoms with Crippen LogP contribution in [-0.4, -0.2) is 89.2 Å². The molecule has 1 aliphatic heterocycles. The average Bonchev–Trinajstić information content (AvgIpc) is 3.47. The Bertz CT molecular complexity index is 1700. The number of aliphatic hydroxyl groups excluding tert-OH is 2. The standard InChI is InChI=1S/C67H112O12/c1-4-7-10-13-16-19-22-25-28-30-33-35-38-41-44-47-50-53-59(68)75-56-58(77-60(69)54-51-48-45-42-39-36-32-27-24-21-18-15-12-9-6-3)57-76-67-65(63(72)62(71)64(79-67)66(73)74)78-61(70)55-52-49-46-43-40-37-34-31-29-26-23-20-17-14-11-8-5-2/h7-8,10-11,16-17,19-20,25-26,28-29,33,35,58,62-65,67,71-72H,4-6,9,12-15,18,21-24,27,30-32,34,36-57H2,1-3H3,(H,73,74)/b10-7-,11-8-,19-16-,20-17-,28-25-,29-26-,35-33-. The van der Waals surface area contributed by atoms with Gasteiger partial charge in [-0.05, 0) is 89.9 Å². The van der Waals surface area contributed by atoms with Gasteiger partial charge in [-0.25, -0.2) is 4.79 Å². The first-order valence-electron chi connectivity index (χ1n) is 31.6. The number of allylic oxidation sites excluding steroid dienone is 14.